The largest absolute Gasteiger partial charge is 0.326 e. The van der Waals surface area contributed by atoms with Gasteiger partial charge in [-0.05, 0) is 35.7 Å². The van der Waals surface area contributed by atoms with Gasteiger partial charge in [0.2, 0.25) is 11.8 Å². The molecular weight excluding hydrogens is 384 g/mol. The van der Waals surface area contributed by atoms with Gasteiger partial charge >= 0.3 is 0 Å². The third-order valence-electron chi connectivity index (χ3n) is 3.35. The highest BCUT2D eigenvalue weighted by Gasteiger charge is 2.12. The van der Waals surface area contributed by atoms with Gasteiger partial charge in [0, 0.05) is 23.7 Å². The second-order valence-electron chi connectivity index (χ2n) is 5.56. The number of anilines is 3. The topological polar surface area (TPSA) is 100 Å². The Kier molecular flexibility index (Phi) is 5.94. The Balaban J connectivity index is 1.53. The van der Waals surface area contributed by atoms with E-state index in [0.717, 1.165) is 0 Å². The summed E-state index contributed by atoms with van der Waals surface area (Å²) in [5.74, 6) is -0.587. The van der Waals surface area contributed by atoms with Crippen molar-refractivity contribution < 1.29 is 14.4 Å². The Labute approximate surface area is 163 Å². The van der Waals surface area contributed by atoms with E-state index in [1.54, 1.807) is 41.8 Å². The van der Waals surface area contributed by atoms with Gasteiger partial charge in [-0.1, -0.05) is 6.07 Å². The maximum Gasteiger partial charge on any atom is 0.267 e. The monoisotopic (exact) mass is 400 g/mol. The Morgan fingerprint density at radius 3 is 2.30 bits per heavy atom. The molecule has 0 saturated heterocycles. The summed E-state index contributed by atoms with van der Waals surface area (Å²) in [6.07, 6.45) is 0.0961. The van der Waals surface area contributed by atoms with Crippen LogP contribution in [-0.2, 0) is 16.0 Å². The first-order valence-electron chi connectivity index (χ1n) is 7.96. The molecule has 9 heteroatoms. The zero-order valence-electron chi connectivity index (χ0n) is 14.3. The van der Waals surface area contributed by atoms with Crippen molar-refractivity contribution in [3.05, 3.63) is 57.7 Å². The molecule has 0 unspecified atom stereocenters. The van der Waals surface area contributed by atoms with Gasteiger partial charge < -0.3 is 10.6 Å². The van der Waals surface area contributed by atoms with E-state index in [2.05, 4.69) is 20.9 Å². The third kappa shape index (κ3) is 5.47. The maximum atomic E-state index is 12.2. The molecule has 0 aliphatic heterocycles. The number of thiazole rings is 1. The van der Waals surface area contributed by atoms with Crippen LogP contribution in [0.15, 0.2) is 47.2 Å². The summed E-state index contributed by atoms with van der Waals surface area (Å²) in [6, 6.07) is 10.4. The number of thiophene rings is 1. The first-order valence-corrected chi connectivity index (χ1v) is 9.72. The summed E-state index contributed by atoms with van der Waals surface area (Å²) in [4.78, 5) is 40.0. The minimum Gasteiger partial charge on any atom is -0.326 e. The van der Waals surface area contributed by atoms with Crippen LogP contribution >= 0.6 is 22.7 Å². The quantitative estimate of drug-likeness (QED) is 0.589. The van der Waals surface area contributed by atoms with Crippen LogP contribution < -0.4 is 16.0 Å². The van der Waals surface area contributed by atoms with Crippen molar-refractivity contribution in [3.8, 4) is 0 Å². The number of carbonyl (C=O) groups is 3. The number of nitrogens with one attached hydrogen (secondary N) is 3. The van der Waals surface area contributed by atoms with Crippen molar-refractivity contribution in [2.45, 2.75) is 13.3 Å². The van der Waals surface area contributed by atoms with Gasteiger partial charge in [0.1, 0.15) is 0 Å². The Morgan fingerprint density at radius 1 is 0.963 bits per heavy atom. The summed E-state index contributed by atoms with van der Waals surface area (Å²) in [5.41, 5.74) is 1.86. The van der Waals surface area contributed by atoms with Crippen molar-refractivity contribution in [2.24, 2.45) is 0 Å². The average molecular weight is 400 g/mol. The lowest BCUT2D eigenvalue weighted by Gasteiger charge is -2.06. The summed E-state index contributed by atoms with van der Waals surface area (Å²) in [6.45, 7) is 1.43. The zero-order chi connectivity index (χ0) is 19.2. The number of hydrogen-bond donors (Lipinski definition) is 3. The lowest BCUT2D eigenvalue weighted by molar-refractivity contribution is -0.116. The Hall–Kier alpha value is -3.04. The van der Waals surface area contributed by atoms with Crippen molar-refractivity contribution in [1.82, 2.24) is 4.98 Å². The molecule has 0 saturated carbocycles. The fourth-order valence-electron chi connectivity index (χ4n) is 2.22. The molecule has 7 nitrogen and oxygen atoms in total. The lowest BCUT2D eigenvalue weighted by Crippen LogP contribution is -2.15. The molecule has 3 N–H and O–H groups in total. The standard InChI is InChI=1S/C18H16N4O3S2/c1-11(23)19-12-4-6-13(7-5-12)20-16(24)9-14-10-27-18(21-14)22-17(25)15-3-2-8-26-15/h2-8,10H,9H2,1H3,(H,19,23)(H,20,24)(H,21,22,25). The minimum atomic E-state index is -0.219. The SMILES string of the molecule is CC(=O)Nc1ccc(NC(=O)Cc2csc(NC(=O)c3cccs3)n2)cc1. The molecule has 0 aliphatic carbocycles. The van der Waals surface area contributed by atoms with Gasteiger partial charge in [0.05, 0.1) is 17.0 Å². The van der Waals surface area contributed by atoms with Gasteiger partial charge in [-0.25, -0.2) is 4.98 Å². The number of rotatable bonds is 6. The van der Waals surface area contributed by atoms with E-state index in [-0.39, 0.29) is 24.1 Å². The smallest absolute Gasteiger partial charge is 0.267 e. The van der Waals surface area contributed by atoms with Crippen LogP contribution in [0.2, 0.25) is 0 Å². The van der Waals surface area contributed by atoms with Crippen molar-refractivity contribution in [1.29, 1.82) is 0 Å². The molecule has 0 spiro atoms. The lowest BCUT2D eigenvalue weighted by atomic mass is 10.2. The molecule has 0 radical (unpaired) electrons. The van der Waals surface area contributed by atoms with Gasteiger partial charge in [0.15, 0.2) is 5.13 Å². The summed E-state index contributed by atoms with van der Waals surface area (Å²) < 4.78 is 0. The molecule has 0 aliphatic rings. The number of carbonyl (C=O) groups excluding carboxylic acids is 3. The predicted octanol–water partition coefficient (Wildman–Crippen LogP) is 3.60. The molecule has 138 valence electrons. The number of amides is 3. The normalized spacial score (nSPS) is 10.3. The van der Waals surface area contributed by atoms with Crippen molar-refractivity contribution in [3.63, 3.8) is 0 Å². The van der Waals surface area contributed by atoms with Gasteiger partial charge in [-0.3, -0.25) is 19.7 Å². The molecular formula is C18H16N4O3S2. The molecule has 3 aromatic rings. The second kappa shape index (κ2) is 8.56. The highest BCUT2D eigenvalue weighted by Crippen LogP contribution is 2.19. The third-order valence-corrected chi connectivity index (χ3v) is 5.02. The molecule has 3 amide bonds. The number of benzene rings is 1. The zero-order valence-corrected chi connectivity index (χ0v) is 15.9. The van der Waals surface area contributed by atoms with Gasteiger partial charge in [-0.2, -0.15) is 0 Å². The molecule has 27 heavy (non-hydrogen) atoms. The fraction of sp³-hybridized carbons (Fsp3) is 0.111. The molecule has 2 aromatic heterocycles. The molecule has 3 rings (SSSR count). The van der Waals surface area contributed by atoms with Crippen molar-refractivity contribution >= 4 is 56.9 Å². The van der Waals surface area contributed by atoms with Crippen LogP contribution in [0.4, 0.5) is 16.5 Å². The predicted molar refractivity (Wildman–Crippen MR) is 107 cm³/mol. The van der Waals surface area contributed by atoms with Crippen LogP contribution in [0.1, 0.15) is 22.3 Å². The van der Waals surface area contributed by atoms with Crippen LogP contribution in [0.25, 0.3) is 0 Å². The first kappa shape index (κ1) is 18.7. The van der Waals surface area contributed by atoms with E-state index in [0.29, 0.717) is 27.1 Å². The Morgan fingerprint density at radius 2 is 1.67 bits per heavy atom. The molecule has 2 heterocycles. The molecule has 0 fully saturated rings. The number of nitrogens with zero attached hydrogens (tertiary/aromatic N) is 1. The minimum absolute atomic E-state index is 0.0961. The number of hydrogen-bond acceptors (Lipinski definition) is 6. The summed E-state index contributed by atoms with van der Waals surface area (Å²) >= 11 is 2.62. The number of aromatic nitrogens is 1. The van der Waals surface area contributed by atoms with Crippen LogP contribution in [0, 0.1) is 0 Å². The fourth-order valence-corrected chi connectivity index (χ4v) is 3.55. The highest BCUT2D eigenvalue weighted by molar-refractivity contribution is 7.14. The van der Waals surface area contributed by atoms with Crippen LogP contribution in [0.3, 0.4) is 0 Å². The maximum absolute atomic E-state index is 12.2. The molecule has 0 bridgehead atoms. The molecule has 0 atom stereocenters. The van der Waals surface area contributed by atoms with Gasteiger partial charge in [0.25, 0.3) is 5.91 Å². The molecule has 1 aromatic carbocycles. The van der Waals surface area contributed by atoms with E-state index >= 15 is 0 Å². The summed E-state index contributed by atoms with van der Waals surface area (Å²) in [5, 5.41) is 12.2. The van der Waals surface area contributed by atoms with Crippen LogP contribution in [-0.4, -0.2) is 22.7 Å². The summed E-state index contributed by atoms with van der Waals surface area (Å²) in [7, 11) is 0. The van der Waals surface area contributed by atoms with Crippen LogP contribution in [0.5, 0.6) is 0 Å². The average Bonchev–Trinajstić information content (AvgIpc) is 3.28. The van der Waals surface area contributed by atoms with E-state index in [4.69, 9.17) is 0 Å². The highest BCUT2D eigenvalue weighted by atomic mass is 32.1. The van der Waals surface area contributed by atoms with E-state index in [1.165, 1.54) is 29.6 Å². The van der Waals surface area contributed by atoms with Gasteiger partial charge in [-0.15, -0.1) is 22.7 Å². The second-order valence-corrected chi connectivity index (χ2v) is 7.36. The van der Waals surface area contributed by atoms with Crippen molar-refractivity contribution in [2.75, 3.05) is 16.0 Å². The van der Waals surface area contributed by atoms with E-state index < -0.39 is 0 Å². The van der Waals surface area contributed by atoms with E-state index in [9.17, 15) is 14.4 Å². The first-order chi connectivity index (χ1) is 13.0. The Bertz CT molecular complexity index is 949. The van der Waals surface area contributed by atoms with E-state index in [1.807, 2.05) is 5.38 Å².